The summed E-state index contributed by atoms with van der Waals surface area (Å²) in [6.45, 7) is 2.17. The van der Waals surface area contributed by atoms with Gasteiger partial charge in [0.05, 0.1) is 0 Å². The minimum atomic E-state index is 1.29. The molecule has 3 rings (SSSR count). The fourth-order valence-electron chi connectivity index (χ4n) is 2.15. The fraction of sp³-hybridized carbons (Fsp3) is 0.0667. The number of hydrogen-bond donors (Lipinski definition) is 0. The predicted molar refractivity (Wildman–Crippen MR) is 78.9 cm³/mol. The Balaban J connectivity index is 2.49. The molecule has 0 radical (unpaired) electrons. The first kappa shape index (κ1) is 10.1. The van der Waals surface area contributed by atoms with Gasteiger partial charge in [0.15, 0.2) is 0 Å². The van der Waals surface area contributed by atoms with Crippen molar-refractivity contribution in [2.75, 3.05) is 0 Å². The van der Waals surface area contributed by atoms with Gasteiger partial charge >= 0.3 is 0 Å². The third-order valence-electron chi connectivity index (χ3n) is 3.02. The molecule has 0 N–H and O–H groups in total. The van der Waals surface area contributed by atoms with E-state index in [4.69, 9.17) is 0 Å². The van der Waals surface area contributed by atoms with Crippen LogP contribution in [0.2, 0.25) is 0 Å². The molecule has 3 aromatic rings. The van der Waals surface area contributed by atoms with Crippen molar-refractivity contribution in [3.63, 3.8) is 0 Å². The molecule has 0 amide bonds. The molecular weight excluding hydrogens is 307 g/mol. The van der Waals surface area contributed by atoms with Crippen LogP contribution in [0.25, 0.3) is 21.5 Å². The van der Waals surface area contributed by atoms with E-state index >= 15 is 0 Å². The van der Waals surface area contributed by atoms with Crippen molar-refractivity contribution >= 4 is 44.1 Å². The van der Waals surface area contributed by atoms with E-state index in [2.05, 4.69) is 78.0 Å². The van der Waals surface area contributed by atoms with Crippen molar-refractivity contribution in [3.05, 3.63) is 57.7 Å². The molecule has 3 aromatic carbocycles. The second-order valence-electron chi connectivity index (χ2n) is 4.14. The highest BCUT2D eigenvalue weighted by Gasteiger charge is 2.00. The first-order valence-corrected chi connectivity index (χ1v) is 6.40. The molecule has 0 heterocycles. The van der Waals surface area contributed by atoms with E-state index < -0.39 is 0 Å². The van der Waals surface area contributed by atoms with Crippen LogP contribution in [0.4, 0.5) is 0 Å². The lowest BCUT2D eigenvalue weighted by Crippen LogP contribution is -1.80. The van der Waals surface area contributed by atoms with Crippen molar-refractivity contribution in [1.29, 1.82) is 0 Å². The molecule has 0 atom stereocenters. The Labute approximate surface area is 108 Å². The number of aryl methyl sites for hydroxylation is 1. The van der Waals surface area contributed by atoms with Crippen LogP contribution < -0.4 is 0 Å². The molecule has 16 heavy (non-hydrogen) atoms. The second-order valence-corrected chi connectivity index (χ2v) is 5.39. The number of benzene rings is 3. The lowest BCUT2D eigenvalue weighted by Gasteiger charge is -2.05. The maximum absolute atomic E-state index is 2.36. The summed E-state index contributed by atoms with van der Waals surface area (Å²) in [5, 5.41) is 5.33. The van der Waals surface area contributed by atoms with Gasteiger partial charge in [0.2, 0.25) is 0 Å². The largest absolute Gasteiger partial charge is 0.0614 e. The van der Waals surface area contributed by atoms with E-state index in [1.165, 1.54) is 30.7 Å². The molecule has 1 heteroatoms. The summed E-state index contributed by atoms with van der Waals surface area (Å²) in [4.78, 5) is 0. The highest BCUT2D eigenvalue weighted by molar-refractivity contribution is 14.1. The zero-order chi connectivity index (χ0) is 11.1. The maximum atomic E-state index is 2.36. The smallest absolute Gasteiger partial charge is 0.0136 e. The summed E-state index contributed by atoms with van der Waals surface area (Å²) < 4.78 is 1.29. The molecule has 0 unspecified atom stereocenters. The molecular formula is C15H11I. The van der Waals surface area contributed by atoms with Crippen molar-refractivity contribution in [3.8, 4) is 0 Å². The van der Waals surface area contributed by atoms with E-state index in [1.807, 2.05) is 0 Å². The van der Waals surface area contributed by atoms with E-state index in [9.17, 15) is 0 Å². The molecule has 0 aliphatic carbocycles. The van der Waals surface area contributed by atoms with Crippen LogP contribution >= 0.6 is 22.6 Å². The topological polar surface area (TPSA) is 0 Å². The Morgan fingerprint density at radius 2 is 1.69 bits per heavy atom. The standard InChI is InChI=1S/C15H11I/c1-10-3-2-4-12-7-11-5-6-14(16)8-13(11)9-15(10)12/h2-9H,1H3. The van der Waals surface area contributed by atoms with E-state index in [1.54, 1.807) is 0 Å². The SMILES string of the molecule is Cc1cccc2cc3ccc(I)cc3cc12. The van der Waals surface area contributed by atoms with Crippen molar-refractivity contribution in [2.45, 2.75) is 6.92 Å². The van der Waals surface area contributed by atoms with Gasteiger partial charge in [-0.3, -0.25) is 0 Å². The third kappa shape index (κ3) is 1.59. The molecule has 0 aliphatic rings. The van der Waals surface area contributed by atoms with Crippen molar-refractivity contribution < 1.29 is 0 Å². The third-order valence-corrected chi connectivity index (χ3v) is 3.69. The summed E-state index contributed by atoms with van der Waals surface area (Å²) in [5.41, 5.74) is 1.35. The average Bonchev–Trinajstić information content (AvgIpc) is 2.28. The van der Waals surface area contributed by atoms with E-state index in [0.717, 1.165) is 0 Å². The van der Waals surface area contributed by atoms with Crippen molar-refractivity contribution in [2.24, 2.45) is 0 Å². The van der Waals surface area contributed by atoms with Crippen LogP contribution in [-0.4, -0.2) is 0 Å². The van der Waals surface area contributed by atoms with E-state index in [-0.39, 0.29) is 0 Å². The highest BCUT2D eigenvalue weighted by Crippen LogP contribution is 2.26. The first-order chi connectivity index (χ1) is 7.74. The van der Waals surface area contributed by atoms with Crippen LogP contribution in [-0.2, 0) is 0 Å². The van der Waals surface area contributed by atoms with Gasteiger partial charge in [-0.15, -0.1) is 0 Å². The maximum Gasteiger partial charge on any atom is 0.0136 e. The normalized spacial score (nSPS) is 11.1. The van der Waals surface area contributed by atoms with Gasteiger partial charge in [-0.2, -0.15) is 0 Å². The summed E-state index contributed by atoms with van der Waals surface area (Å²) in [7, 11) is 0. The minimum absolute atomic E-state index is 1.29. The van der Waals surface area contributed by atoms with Crippen LogP contribution in [0, 0.1) is 10.5 Å². The average molecular weight is 318 g/mol. The Kier molecular flexibility index (Phi) is 2.36. The minimum Gasteiger partial charge on any atom is -0.0614 e. The Morgan fingerprint density at radius 1 is 0.812 bits per heavy atom. The van der Waals surface area contributed by atoms with E-state index in [0.29, 0.717) is 0 Å². The van der Waals surface area contributed by atoms with Crippen LogP contribution in [0.15, 0.2) is 48.5 Å². The Hall–Kier alpha value is -1.09. The van der Waals surface area contributed by atoms with Crippen molar-refractivity contribution in [1.82, 2.24) is 0 Å². The van der Waals surface area contributed by atoms with Gasteiger partial charge in [-0.25, -0.2) is 0 Å². The Bertz CT molecular complexity index is 683. The quantitative estimate of drug-likeness (QED) is 0.408. The molecule has 0 spiro atoms. The monoisotopic (exact) mass is 318 g/mol. The van der Waals surface area contributed by atoms with Crippen LogP contribution in [0.5, 0.6) is 0 Å². The van der Waals surface area contributed by atoms with Gasteiger partial charge < -0.3 is 0 Å². The predicted octanol–water partition coefficient (Wildman–Crippen LogP) is 4.91. The van der Waals surface area contributed by atoms with Gasteiger partial charge in [0, 0.05) is 3.57 Å². The zero-order valence-electron chi connectivity index (χ0n) is 9.00. The summed E-state index contributed by atoms with van der Waals surface area (Å²) in [6, 6.07) is 17.6. The molecule has 0 bridgehead atoms. The lowest BCUT2D eigenvalue weighted by molar-refractivity contribution is 1.54. The molecule has 78 valence electrons. The first-order valence-electron chi connectivity index (χ1n) is 5.33. The van der Waals surface area contributed by atoms with Gasteiger partial charge in [0.1, 0.15) is 0 Å². The zero-order valence-corrected chi connectivity index (χ0v) is 11.2. The van der Waals surface area contributed by atoms with Gasteiger partial charge in [-0.05, 0) is 80.9 Å². The number of rotatable bonds is 0. The lowest BCUT2D eigenvalue weighted by atomic mass is 10.0. The number of hydrogen-bond acceptors (Lipinski definition) is 0. The van der Waals surface area contributed by atoms with Crippen LogP contribution in [0.1, 0.15) is 5.56 Å². The van der Waals surface area contributed by atoms with Gasteiger partial charge in [0.25, 0.3) is 0 Å². The number of fused-ring (bicyclic) bond motifs is 2. The molecule has 0 saturated heterocycles. The summed E-state index contributed by atoms with van der Waals surface area (Å²) in [5.74, 6) is 0. The molecule has 0 aliphatic heterocycles. The highest BCUT2D eigenvalue weighted by atomic mass is 127. The molecule has 0 fully saturated rings. The molecule has 0 nitrogen and oxygen atoms in total. The second kappa shape index (κ2) is 3.74. The summed E-state index contributed by atoms with van der Waals surface area (Å²) >= 11 is 2.36. The number of halogens is 1. The van der Waals surface area contributed by atoms with Crippen LogP contribution in [0.3, 0.4) is 0 Å². The molecule has 0 aromatic heterocycles. The molecule has 0 saturated carbocycles. The summed E-state index contributed by atoms with van der Waals surface area (Å²) in [6.07, 6.45) is 0. The fourth-order valence-corrected chi connectivity index (χ4v) is 2.67. The van der Waals surface area contributed by atoms with Gasteiger partial charge in [-0.1, -0.05) is 24.3 Å². The Morgan fingerprint density at radius 3 is 2.56 bits per heavy atom.